The Morgan fingerprint density at radius 1 is 1.15 bits per heavy atom. The molecule has 26 heavy (non-hydrogen) atoms. The van der Waals surface area contributed by atoms with Gasteiger partial charge < -0.3 is 15.4 Å². The van der Waals surface area contributed by atoms with Gasteiger partial charge in [0.2, 0.25) is 0 Å². The number of hydrogen-bond donors (Lipinski definition) is 1. The number of piperidine rings is 1. The minimum atomic E-state index is -0.00160. The summed E-state index contributed by atoms with van der Waals surface area (Å²) in [5.74, 6) is 1.07. The van der Waals surface area contributed by atoms with E-state index in [2.05, 4.69) is 0 Å². The Morgan fingerprint density at radius 2 is 1.88 bits per heavy atom. The minimum Gasteiger partial charge on any atom is -0.488 e. The lowest BCUT2D eigenvalue weighted by Crippen LogP contribution is -2.40. The number of hydrogen-bond acceptors (Lipinski definition) is 3. The summed E-state index contributed by atoms with van der Waals surface area (Å²) in [4.78, 5) is 14.8. The summed E-state index contributed by atoms with van der Waals surface area (Å²) in [5, 5.41) is 1.13. The summed E-state index contributed by atoms with van der Waals surface area (Å²) >= 11 is 12.1. The Balaban J connectivity index is 1.70. The third-order valence-electron chi connectivity index (χ3n) is 4.75. The minimum absolute atomic E-state index is 0.00160. The molecule has 0 unspecified atom stereocenters. The molecule has 0 radical (unpaired) electrons. The summed E-state index contributed by atoms with van der Waals surface area (Å²) in [5.41, 5.74) is 7.13. The molecule has 0 aromatic heterocycles. The van der Waals surface area contributed by atoms with Crippen LogP contribution in [0.25, 0.3) is 0 Å². The number of ether oxygens (including phenoxy) is 1. The Kier molecular flexibility index (Phi) is 6.41. The summed E-state index contributed by atoms with van der Waals surface area (Å²) in [7, 11) is 0. The van der Waals surface area contributed by atoms with Crippen LogP contribution in [0.1, 0.15) is 28.8 Å². The second-order valence-corrected chi connectivity index (χ2v) is 7.34. The fourth-order valence-electron chi connectivity index (χ4n) is 3.11. The lowest BCUT2D eigenvalue weighted by Gasteiger charge is -2.31. The fraction of sp³-hybridized carbons (Fsp3) is 0.350. The van der Waals surface area contributed by atoms with Gasteiger partial charge in [-0.3, -0.25) is 4.79 Å². The molecule has 1 amide bonds. The predicted octanol–water partition coefficient (Wildman–Crippen LogP) is 4.38. The molecular weight excluding hydrogens is 371 g/mol. The van der Waals surface area contributed by atoms with Gasteiger partial charge in [-0.2, -0.15) is 0 Å². The van der Waals surface area contributed by atoms with Gasteiger partial charge in [-0.15, -0.1) is 0 Å². The topological polar surface area (TPSA) is 55.6 Å². The van der Waals surface area contributed by atoms with E-state index >= 15 is 0 Å². The molecule has 4 nitrogen and oxygen atoms in total. The molecule has 1 aliphatic rings. The van der Waals surface area contributed by atoms with E-state index in [1.165, 1.54) is 0 Å². The van der Waals surface area contributed by atoms with Crippen LogP contribution < -0.4 is 10.5 Å². The molecule has 0 bridgehead atoms. The maximum Gasteiger partial charge on any atom is 0.257 e. The normalized spacial score (nSPS) is 15.1. The number of carbonyl (C=O) groups is 1. The van der Waals surface area contributed by atoms with Gasteiger partial charge in [0, 0.05) is 28.7 Å². The first-order chi connectivity index (χ1) is 12.6. The SMILES string of the molecule is NCC1CCN(C(=O)c2ccccc2OCc2ccc(Cl)cc2Cl)CC1. The van der Waals surface area contributed by atoms with Crippen molar-refractivity contribution in [2.24, 2.45) is 11.7 Å². The quantitative estimate of drug-likeness (QED) is 0.820. The number of halogens is 2. The lowest BCUT2D eigenvalue weighted by molar-refractivity contribution is 0.0688. The molecule has 0 atom stereocenters. The van der Waals surface area contributed by atoms with Crippen molar-refractivity contribution >= 4 is 29.1 Å². The highest BCUT2D eigenvalue weighted by atomic mass is 35.5. The van der Waals surface area contributed by atoms with Gasteiger partial charge in [-0.25, -0.2) is 0 Å². The number of amides is 1. The molecule has 1 fully saturated rings. The molecule has 2 aromatic rings. The largest absolute Gasteiger partial charge is 0.488 e. The Bertz CT molecular complexity index is 774. The molecule has 1 aliphatic heterocycles. The van der Waals surface area contributed by atoms with E-state index < -0.39 is 0 Å². The molecule has 0 spiro atoms. The van der Waals surface area contributed by atoms with Crippen molar-refractivity contribution in [3.63, 3.8) is 0 Å². The van der Waals surface area contributed by atoms with Gasteiger partial charge in [0.25, 0.3) is 5.91 Å². The highest BCUT2D eigenvalue weighted by molar-refractivity contribution is 6.35. The number of nitrogens with zero attached hydrogens (tertiary/aromatic N) is 1. The van der Waals surface area contributed by atoms with Crippen LogP contribution in [0, 0.1) is 5.92 Å². The summed E-state index contributed by atoms with van der Waals surface area (Å²) < 4.78 is 5.90. The van der Waals surface area contributed by atoms with Crippen LogP contribution in [0.15, 0.2) is 42.5 Å². The van der Waals surface area contributed by atoms with Crippen molar-refractivity contribution < 1.29 is 9.53 Å². The first-order valence-corrected chi connectivity index (χ1v) is 9.49. The van der Waals surface area contributed by atoms with E-state index in [1.54, 1.807) is 18.2 Å². The lowest BCUT2D eigenvalue weighted by atomic mass is 9.96. The molecule has 0 saturated carbocycles. The zero-order valence-corrected chi connectivity index (χ0v) is 16.0. The van der Waals surface area contributed by atoms with E-state index in [0.717, 1.165) is 31.5 Å². The van der Waals surface area contributed by atoms with Crippen LogP contribution >= 0.6 is 23.2 Å². The van der Waals surface area contributed by atoms with Gasteiger partial charge in [0.1, 0.15) is 12.4 Å². The molecule has 138 valence electrons. The van der Waals surface area contributed by atoms with Crippen molar-refractivity contribution in [1.82, 2.24) is 4.90 Å². The van der Waals surface area contributed by atoms with E-state index in [1.807, 2.05) is 29.2 Å². The third kappa shape index (κ3) is 4.50. The number of nitrogens with two attached hydrogens (primary N) is 1. The first-order valence-electron chi connectivity index (χ1n) is 8.73. The number of carbonyl (C=O) groups excluding carboxylic acids is 1. The molecule has 0 aliphatic carbocycles. The monoisotopic (exact) mass is 392 g/mol. The zero-order valence-electron chi connectivity index (χ0n) is 14.5. The average Bonchev–Trinajstić information content (AvgIpc) is 2.67. The number of para-hydroxylation sites is 1. The van der Waals surface area contributed by atoms with Gasteiger partial charge >= 0.3 is 0 Å². The van der Waals surface area contributed by atoms with Crippen LogP contribution in [-0.4, -0.2) is 30.4 Å². The summed E-state index contributed by atoms with van der Waals surface area (Å²) in [6.07, 6.45) is 1.90. The van der Waals surface area contributed by atoms with Crippen LogP contribution in [0.3, 0.4) is 0 Å². The zero-order chi connectivity index (χ0) is 18.5. The Hall–Kier alpha value is -1.75. The second-order valence-electron chi connectivity index (χ2n) is 6.49. The highest BCUT2D eigenvalue weighted by Gasteiger charge is 2.24. The van der Waals surface area contributed by atoms with Gasteiger partial charge in [0.05, 0.1) is 5.56 Å². The van der Waals surface area contributed by atoms with Crippen molar-refractivity contribution in [2.45, 2.75) is 19.4 Å². The van der Waals surface area contributed by atoms with Gasteiger partial charge in [-0.05, 0) is 49.6 Å². The van der Waals surface area contributed by atoms with E-state index in [0.29, 0.717) is 33.8 Å². The van der Waals surface area contributed by atoms with Gasteiger partial charge in [0.15, 0.2) is 0 Å². The highest BCUT2D eigenvalue weighted by Crippen LogP contribution is 2.26. The smallest absolute Gasteiger partial charge is 0.257 e. The van der Waals surface area contributed by atoms with E-state index in [-0.39, 0.29) is 12.5 Å². The van der Waals surface area contributed by atoms with Gasteiger partial charge in [-0.1, -0.05) is 41.4 Å². The van der Waals surface area contributed by atoms with E-state index in [4.69, 9.17) is 33.7 Å². The Labute approximate surface area is 163 Å². The molecule has 2 N–H and O–H groups in total. The maximum absolute atomic E-state index is 12.9. The number of likely N-dealkylation sites (tertiary alicyclic amines) is 1. The molecule has 1 saturated heterocycles. The van der Waals surface area contributed by atoms with Crippen LogP contribution in [-0.2, 0) is 6.61 Å². The second kappa shape index (κ2) is 8.76. The van der Waals surface area contributed by atoms with Crippen molar-refractivity contribution in [2.75, 3.05) is 19.6 Å². The van der Waals surface area contributed by atoms with Crippen molar-refractivity contribution in [3.8, 4) is 5.75 Å². The van der Waals surface area contributed by atoms with Crippen molar-refractivity contribution in [1.29, 1.82) is 0 Å². The van der Waals surface area contributed by atoms with Crippen molar-refractivity contribution in [3.05, 3.63) is 63.6 Å². The predicted molar refractivity (Wildman–Crippen MR) is 105 cm³/mol. The van der Waals surface area contributed by atoms with Crippen LogP contribution in [0.5, 0.6) is 5.75 Å². The Morgan fingerprint density at radius 3 is 2.58 bits per heavy atom. The summed E-state index contributed by atoms with van der Waals surface area (Å²) in [6.45, 7) is 2.43. The average molecular weight is 393 g/mol. The number of benzene rings is 2. The van der Waals surface area contributed by atoms with Crippen LogP contribution in [0.2, 0.25) is 10.0 Å². The van der Waals surface area contributed by atoms with E-state index in [9.17, 15) is 4.79 Å². The standard InChI is InChI=1S/C20H22Cl2N2O2/c21-16-6-5-15(18(22)11-16)13-26-19-4-2-1-3-17(19)20(25)24-9-7-14(12-23)8-10-24/h1-6,11,14H,7-10,12-13,23H2. The maximum atomic E-state index is 12.9. The van der Waals surface area contributed by atoms with Crippen LogP contribution in [0.4, 0.5) is 0 Å². The fourth-order valence-corrected chi connectivity index (χ4v) is 3.57. The molecule has 2 aromatic carbocycles. The summed E-state index contributed by atoms with van der Waals surface area (Å²) in [6, 6.07) is 12.6. The molecule has 1 heterocycles. The molecular formula is C20H22Cl2N2O2. The third-order valence-corrected chi connectivity index (χ3v) is 5.34. The molecule has 3 rings (SSSR count). The molecule has 6 heteroatoms. The number of rotatable bonds is 5. The first kappa shape index (κ1) is 19.0.